The number of piperidine rings is 1. The van der Waals surface area contributed by atoms with Crippen molar-refractivity contribution in [3.05, 3.63) is 54.6 Å². The van der Waals surface area contributed by atoms with Gasteiger partial charge in [0.25, 0.3) is 0 Å². The second-order valence-corrected chi connectivity index (χ2v) is 8.69. The number of hydrogen-bond donors (Lipinski definition) is 1. The Morgan fingerprint density at radius 1 is 0.963 bits per heavy atom. The first-order chi connectivity index (χ1) is 13.0. The Morgan fingerprint density at radius 3 is 2.33 bits per heavy atom. The first kappa shape index (κ1) is 17.9. The van der Waals surface area contributed by atoms with Crippen LogP contribution >= 0.6 is 0 Å². The molecular formula is C20H22N4O2S. The van der Waals surface area contributed by atoms with E-state index < -0.39 is 10.0 Å². The molecule has 1 aromatic heterocycles. The lowest BCUT2D eigenvalue weighted by molar-refractivity contribution is 0.460. The number of fused-ring (bicyclic) bond motifs is 1. The molecule has 1 saturated heterocycles. The van der Waals surface area contributed by atoms with Gasteiger partial charge in [-0.2, -0.15) is 0 Å². The standard InChI is InChI=1S/C20H22N4O2S/c1-27(25,26)23-16-11-13-24(14-12-16)20-17-9-5-6-10-18(17)21-19(22-20)15-7-3-2-4-8-15/h2-10,16,23H,11-14H2,1H3. The number of aromatic nitrogens is 2. The third kappa shape index (κ3) is 4.09. The predicted molar refractivity (Wildman–Crippen MR) is 108 cm³/mol. The number of anilines is 1. The molecule has 1 fully saturated rings. The largest absolute Gasteiger partial charge is 0.356 e. The normalized spacial score (nSPS) is 16.0. The molecule has 1 aliphatic rings. The molecule has 0 aliphatic carbocycles. The summed E-state index contributed by atoms with van der Waals surface area (Å²) in [4.78, 5) is 11.8. The van der Waals surface area contributed by atoms with Gasteiger partial charge in [0.2, 0.25) is 10.0 Å². The maximum Gasteiger partial charge on any atom is 0.208 e. The minimum Gasteiger partial charge on any atom is -0.356 e. The molecule has 4 rings (SSSR count). The molecule has 0 unspecified atom stereocenters. The lowest BCUT2D eigenvalue weighted by Gasteiger charge is -2.33. The Kier molecular flexibility index (Phi) is 4.80. The highest BCUT2D eigenvalue weighted by atomic mass is 32.2. The van der Waals surface area contributed by atoms with Crippen LogP contribution in [0.2, 0.25) is 0 Å². The Hall–Kier alpha value is -2.51. The van der Waals surface area contributed by atoms with Gasteiger partial charge >= 0.3 is 0 Å². The molecule has 0 atom stereocenters. The first-order valence-corrected chi connectivity index (χ1v) is 10.9. The molecule has 0 saturated carbocycles. The van der Waals surface area contributed by atoms with Crippen LogP contribution in [0.15, 0.2) is 54.6 Å². The Morgan fingerprint density at radius 2 is 1.63 bits per heavy atom. The number of para-hydroxylation sites is 1. The second kappa shape index (κ2) is 7.25. The van der Waals surface area contributed by atoms with E-state index in [1.54, 1.807) is 0 Å². The molecule has 140 valence electrons. The molecule has 7 heteroatoms. The summed E-state index contributed by atoms with van der Waals surface area (Å²) in [6.07, 6.45) is 2.72. The highest BCUT2D eigenvalue weighted by molar-refractivity contribution is 7.88. The summed E-state index contributed by atoms with van der Waals surface area (Å²) < 4.78 is 25.7. The molecule has 1 N–H and O–H groups in total. The van der Waals surface area contributed by atoms with Crippen molar-refractivity contribution in [3.8, 4) is 11.4 Å². The van der Waals surface area contributed by atoms with Gasteiger partial charge in [0.05, 0.1) is 11.8 Å². The Bertz CT molecular complexity index is 1050. The van der Waals surface area contributed by atoms with Gasteiger partial charge in [-0.3, -0.25) is 0 Å². The van der Waals surface area contributed by atoms with Crippen molar-refractivity contribution in [2.75, 3.05) is 24.2 Å². The SMILES string of the molecule is CS(=O)(=O)NC1CCN(c2nc(-c3ccccc3)nc3ccccc23)CC1. The zero-order chi connectivity index (χ0) is 18.9. The van der Waals surface area contributed by atoms with Crippen LogP contribution in [-0.4, -0.2) is 43.8 Å². The summed E-state index contributed by atoms with van der Waals surface area (Å²) in [5.74, 6) is 1.62. The fourth-order valence-electron chi connectivity index (χ4n) is 3.53. The maximum atomic E-state index is 11.5. The summed E-state index contributed by atoms with van der Waals surface area (Å²) in [5.41, 5.74) is 1.90. The molecule has 0 spiro atoms. The van der Waals surface area contributed by atoms with Crippen LogP contribution in [0.1, 0.15) is 12.8 Å². The van der Waals surface area contributed by atoms with Gasteiger partial charge in [-0.1, -0.05) is 42.5 Å². The minimum atomic E-state index is -3.18. The van der Waals surface area contributed by atoms with E-state index in [0.717, 1.165) is 48.2 Å². The monoisotopic (exact) mass is 382 g/mol. The van der Waals surface area contributed by atoms with Gasteiger partial charge in [-0.15, -0.1) is 0 Å². The van der Waals surface area contributed by atoms with Crippen LogP contribution in [0, 0.1) is 0 Å². The van der Waals surface area contributed by atoms with Crippen LogP contribution in [0.4, 0.5) is 5.82 Å². The molecule has 2 aromatic carbocycles. The molecular weight excluding hydrogens is 360 g/mol. The summed E-state index contributed by atoms with van der Waals surface area (Å²) in [6, 6.07) is 18.0. The average molecular weight is 382 g/mol. The van der Waals surface area contributed by atoms with Crippen LogP contribution < -0.4 is 9.62 Å². The Labute approximate surface area is 159 Å². The van der Waals surface area contributed by atoms with Crippen molar-refractivity contribution in [3.63, 3.8) is 0 Å². The van der Waals surface area contributed by atoms with Crippen LogP contribution in [0.25, 0.3) is 22.3 Å². The van der Waals surface area contributed by atoms with E-state index in [1.165, 1.54) is 6.26 Å². The fourth-order valence-corrected chi connectivity index (χ4v) is 4.37. The van der Waals surface area contributed by atoms with Crippen molar-refractivity contribution >= 4 is 26.7 Å². The molecule has 27 heavy (non-hydrogen) atoms. The average Bonchev–Trinajstić information content (AvgIpc) is 2.67. The third-order valence-corrected chi connectivity index (χ3v) is 5.55. The third-order valence-electron chi connectivity index (χ3n) is 4.79. The molecule has 0 amide bonds. The van der Waals surface area contributed by atoms with Gasteiger partial charge < -0.3 is 4.90 Å². The summed E-state index contributed by atoms with van der Waals surface area (Å²) in [7, 11) is -3.18. The number of hydrogen-bond acceptors (Lipinski definition) is 5. The maximum absolute atomic E-state index is 11.5. The van der Waals surface area contributed by atoms with Gasteiger partial charge in [0, 0.05) is 30.1 Å². The quantitative estimate of drug-likeness (QED) is 0.751. The fraction of sp³-hybridized carbons (Fsp3) is 0.300. The molecule has 0 bridgehead atoms. The zero-order valence-corrected chi connectivity index (χ0v) is 16.0. The summed E-state index contributed by atoms with van der Waals surface area (Å²) >= 11 is 0. The smallest absolute Gasteiger partial charge is 0.208 e. The van der Waals surface area contributed by atoms with Crippen LogP contribution in [0.3, 0.4) is 0 Å². The predicted octanol–water partition coefficient (Wildman–Crippen LogP) is 2.81. The minimum absolute atomic E-state index is 0.0158. The van der Waals surface area contributed by atoms with E-state index in [1.807, 2.05) is 54.6 Å². The van der Waals surface area contributed by atoms with Gasteiger partial charge in [0.1, 0.15) is 5.82 Å². The van der Waals surface area contributed by atoms with Gasteiger partial charge in [-0.05, 0) is 25.0 Å². The van der Waals surface area contributed by atoms with Crippen molar-refractivity contribution in [1.29, 1.82) is 0 Å². The van der Waals surface area contributed by atoms with Gasteiger partial charge in [-0.25, -0.2) is 23.1 Å². The summed E-state index contributed by atoms with van der Waals surface area (Å²) in [6.45, 7) is 1.50. The molecule has 2 heterocycles. The van der Waals surface area contributed by atoms with Gasteiger partial charge in [0.15, 0.2) is 5.82 Å². The first-order valence-electron chi connectivity index (χ1n) is 9.04. The zero-order valence-electron chi connectivity index (χ0n) is 15.2. The van der Waals surface area contributed by atoms with Crippen LogP contribution in [-0.2, 0) is 10.0 Å². The van der Waals surface area contributed by atoms with Crippen molar-refractivity contribution < 1.29 is 8.42 Å². The van der Waals surface area contributed by atoms with E-state index in [4.69, 9.17) is 9.97 Å². The summed E-state index contributed by atoms with van der Waals surface area (Å²) in [5, 5.41) is 1.02. The topological polar surface area (TPSA) is 75.2 Å². The number of nitrogens with zero attached hydrogens (tertiary/aromatic N) is 3. The Balaban J connectivity index is 1.67. The van der Waals surface area contributed by atoms with E-state index in [2.05, 4.69) is 9.62 Å². The van der Waals surface area contributed by atoms with E-state index in [0.29, 0.717) is 5.82 Å². The lowest BCUT2D eigenvalue weighted by Crippen LogP contribution is -2.44. The number of nitrogens with one attached hydrogen (secondary N) is 1. The highest BCUT2D eigenvalue weighted by Gasteiger charge is 2.24. The molecule has 6 nitrogen and oxygen atoms in total. The number of benzene rings is 2. The number of rotatable bonds is 4. The second-order valence-electron chi connectivity index (χ2n) is 6.91. The van der Waals surface area contributed by atoms with E-state index >= 15 is 0 Å². The lowest BCUT2D eigenvalue weighted by atomic mass is 10.1. The van der Waals surface area contributed by atoms with E-state index in [9.17, 15) is 8.42 Å². The molecule has 3 aromatic rings. The van der Waals surface area contributed by atoms with E-state index in [-0.39, 0.29) is 6.04 Å². The molecule has 1 aliphatic heterocycles. The van der Waals surface area contributed by atoms with Crippen molar-refractivity contribution in [2.24, 2.45) is 0 Å². The number of sulfonamides is 1. The van der Waals surface area contributed by atoms with Crippen molar-refractivity contribution in [1.82, 2.24) is 14.7 Å². The van der Waals surface area contributed by atoms with Crippen molar-refractivity contribution in [2.45, 2.75) is 18.9 Å². The van der Waals surface area contributed by atoms with Crippen LogP contribution in [0.5, 0.6) is 0 Å². The molecule has 0 radical (unpaired) electrons. The highest BCUT2D eigenvalue weighted by Crippen LogP contribution is 2.29.